The third-order valence-corrected chi connectivity index (χ3v) is 6.63. The number of nitrogens with one attached hydrogen (secondary N) is 1. The van der Waals surface area contributed by atoms with Crippen LogP contribution >= 0.6 is 11.3 Å². The summed E-state index contributed by atoms with van der Waals surface area (Å²) in [5, 5.41) is 5.78. The molecule has 0 spiro atoms. The number of hydrogen-bond acceptors (Lipinski definition) is 5. The highest BCUT2D eigenvalue weighted by molar-refractivity contribution is 7.10. The van der Waals surface area contributed by atoms with Crippen LogP contribution in [0.2, 0.25) is 0 Å². The van der Waals surface area contributed by atoms with Crippen LogP contribution in [0.5, 0.6) is 0 Å². The SMILES string of the molecule is CC(=O)CCC(=O)N1CCC(c2nc(C(=O)Nc3ccccc3C(C)(C)C)cs2)CC1. The lowest BCUT2D eigenvalue weighted by Crippen LogP contribution is -2.38. The number of piperidine rings is 1. The first-order valence-corrected chi connectivity index (χ1v) is 11.7. The molecule has 0 saturated carbocycles. The van der Waals surface area contributed by atoms with Crippen molar-refractivity contribution in [2.45, 2.75) is 64.7 Å². The van der Waals surface area contributed by atoms with Gasteiger partial charge >= 0.3 is 0 Å². The van der Waals surface area contributed by atoms with Gasteiger partial charge in [-0.1, -0.05) is 39.0 Å². The number of likely N-dealkylation sites (tertiary alicyclic amines) is 1. The predicted octanol–water partition coefficient (Wildman–Crippen LogP) is 4.77. The number of Topliss-reactive ketones (excluding diaryl/α,β-unsaturated/α-hetero) is 1. The monoisotopic (exact) mass is 441 g/mol. The molecule has 0 radical (unpaired) electrons. The molecule has 0 aliphatic carbocycles. The average molecular weight is 442 g/mol. The number of rotatable bonds is 6. The van der Waals surface area contributed by atoms with E-state index in [1.807, 2.05) is 34.5 Å². The van der Waals surface area contributed by atoms with Gasteiger partial charge < -0.3 is 15.0 Å². The Labute approximate surface area is 188 Å². The standard InChI is InChI=1S/C24H31N3O3S/c1-16(28)9-10-21(29)27-13-11-17(12-14-27)23-26-20(15-31-23)22(30)25-19-8-6-5-7-18(19)24(2,3)4/h5-8,15,17H,9-14H2,1-4H3,(H,25,30). The van der Waals surface area contributed by atoms with Crippen LogP contribution in [-0.4, -0.2) is 40.6 Å². The Hall–Kier alpha value is -2.54. The molecule has 31 heavy (non-hydrogen) atoms. The number of anilines is 1. The average Bonchev–Trinajstić information content (AvgIpc) is 3.22. The van der Waals surface area contributed by atoms with Crippen molar-refractivity contribution in [2.24, 2.45) is 0 Å². The van der Waals surface area contributed by atoms with Gasteiger partial charge in [-0.2, -0.15) is 0 Å². The van der Waals surface area contributed by atoms with Gasteiger partial charge in [-0.3, -0.25) is 9.59 Å². The number of thiazole rings is 1. The molecule has 2 amide bonds. The normalized spacial score (nSPS) is 15.0. The Balaban J connectivity index is 1.59. The maximum atomic E-state index is 12.8. The van der Waals surface area contributed by atoms with Gasteiger partial charge in [0, 0.05) is 42.9 Å². The smallest absolute Gasteiger partial charge is 0.275 e. The summed E-state index contributed by atoms with van der Waals surface area (Å²) in [6.07, 6.45) is 2.25. The van der Waals surface area contributed by atoms with Gasteiger partial charge in [0.1, 0.15) is 11.5 Å². The van der Waals surface area contributed by atoms with E-state index < -0.39 is 0 Å². The summed E-state index contributed by atoms with van der Waals surface area (Å²) in [4.78, 5) is 42.6. The Morgan fingerprint density at radius 1 is 1.13 bits per heavy atom. The van der Waals surface area contributed by atoms with Crippen LogP contribution in [0.15, 0.2) is 29.6 Å². The molecule has 3 rings (SSSR count). The Morgan fingerprint density at radius 3 is 2.45 bits per heavy atom. The number of carbonyl (C=O) groups excluding carboxylic acids is 3. The van der Waals surface area contributed by atoms with E-state index in [1.165, 1.54) is 18.3 Å². The topological polar surface area (TPSA) is 79.4 Å². The zero-order valence-corrected chi connectivity index (χ0v) is 19.6. The summed E-state index contributed by atoms with van der Waals surface area (Å²) in [5.41, 5.74) is 2.25. The minimum Gasteiger partial charge on any atom is -0.343 e. The van der Waals surface area contributed by atoms with Crippen molar-refractivity contribution in [3.05, 3.63) is 45.9 Å². The summed E-state index contributed by atoms with van der Waals surface area (Å²) in [5.74, 6) is 0.147. The van der Waals surface area contributed by atoms with E-state index in [2.05, 4.69) is 31.1 Å². The van der Waals surface area contributed by atoms with Gasteiger partial charge in [-0.25, -0.2) is 4.98 Å². The molecule has 1 saturated heterocycles. The molecule has 0 atom stereocenters. The van der Waals surface area contributed by atoms with Crippen LogP contribution in [0.4, 0.5) is 5.69 Å². The molecule has 1 aliphatic heterocycles. The first kappa shape index (κ1) is 23.1. The van der Waals surface area contributed by atoms with E-state index in [0.29, 0.717) is 25.2 Å². The van der Waals surface area contributed by atoms with Gasteiger partial charge in [-0.05, 0) is 36.8 Å². The first-order chi connectivity index (χ1) is 14.6. The molecule has 0 unspecified atom stereocenters. The fraction of sp³-hybridized carbons (Fsp3) is 0.500. The summed E-state index contributed by atoms with van der Waals surface area (Å²) in [6, 6.07) is 7.86. The minimum absolute atomic E-state index is 0.0435. The van der Waals surface area contributed by atoms with Crippen molar-refractivity contribution >= 4 is 34.6 Å². The maximum Gasteiger partial charge on any atom is 0.275 e. The molecule has 6 nitrogen and oxygen atoms in total. The van der Waals surface area contributed by atoms with Crippen molar-refractivity contribution in [2.75, 3.05) is 18.4 Å². The van der Waals surface area contributed by atoms with Crippen LogP contribution in [0.3, 0.4) is 0 Å². The first-order valence-electron chi connectivity index (χ1n) is 10.8. The van der Waals surface area contributed by atoms with Gasteiger partial charge in [-0.15, -0.1) is 11.3 Å². The van der Waals surface area contributed by atoms with E-state index in [9.17, 15) is 14.4 Å². The van der Waals surface area contributed by atoms with Crippen molar-refractivity contribution < 1.29 is 14.4 Å². The summed E-state index contributed by atoms with van der Waals surface area (Å²) < 4.78 is 0. The van der Waals surface area contributed by atoms with E-state index in [4.69, 9.17) is 0 Å². The van der Waals surface area contributed by atoms with Crippen molar-refractivity contribution in [1.29, 1.82) is 0 Å². The second-order valence-electron chi connectivity index (χ2n) is 9.18. The molecule has 2 heterocycles. The zero-order chi connectivity index (χ0) is 22.6. The molecule has 1 aromatic heterocycles. The number of carbonyl (C=O) groups is 3. The fourth-order valence-corrected chi connectivity index (χ4v) is 4.80. The fourth-order valence-electron chi connectivity index (χ4n) is 3.83. The van der Waals surface area contributed by atoms with Crippen LogP contribution < -0.4 is 5.32 Å². The molecule has 0 bridgehead atoms. The molecule has 1 aliphatic rings. The van der Waals surface area contributed by atoms with Gasteiger partial charge in [0.25, 0.3) is 5.91 Å². The Bertz CT molecular complexity index is 953. The highest BCUT2D eigenvalue weighted by atomic mass is 32.1. The van der Waals surface area contributed by atoms with E-state index in [0.717, 1.165) is 29.1 Å². The number of benzene rings is 1. The summed E-state index contributed by atoms with van der Waals surface area (Å²) >= 11 is 1.51. The molecular formula is C24H31N3O3S. The van der Waals surface area contributed by atoms with Gasteiger partial charge in [0.2, 0.25) is 5.91 Å². The predicted molar refractivity (Wildman–Crippen MR) is 124 cm³/mol. The number of nitrogens with zero attached hydrogens (tertiary/aromatic N) is 2. The minimum atomic E-state index is -0.198. The van der Waals surface area contributed by atoms with Crippen molar-refractivity contribution in [3.8, 4) is 0 Å². The van der Waals surface area contributed by atoms with E-state index in [1.54, 1.807) is 0 Å². The zero-order valence-electron chi connectivity index (χ0n) is 18.7. The molecule has 1 aromatic carbocycles. The quantitative estimate of drug-likeness (QED) is 0.700. The summed E-state index contributed by atoms with van der Waals surface area (Å²) in [6.45, 7) is 9.21. The maximum absolute atomic E-state index is 12.8. The van der Waals surface area contributed by atoms with Crippen molar-refractivity contribution in [1.82, 2.24) is 9.88 Å². The molecule has 1 fully saturated rings. The lowest BCUT2D eigenvalue weighted by molar-refractivity contribution is -0.133. The lowest BCUT2D eigenvalue weighted by Gasteiger charge is -2.31. The van der Waals surface area contributed by atoms with Crippen molar-refractivity contribution in [3.63, 3.8) is 0 Å². The molecule has 166 valence electrons. The molecule has 1 N–H and O–H groups in total. The highest BCUT2D eigenvalue weighted by Crippen LogP contribution is 2.32. The van der Waals surface area contributed by atoms with E-state index >= 15 is 0 Å². The van der Waals surface area contributed by atoms with Gasteiger partial charge in [0.05, 0.1) is 5.01 Å². The third-order valence-electron chi connectivity index (χ3n) is 5.63. The third kappa shape index (κ3) is 6.00. The van der Waals surface area contributed by atoms with Gasteiger partial charge in [0.15, 0.2) is 0 Å². The number of hydrogen-bond donors (Lipinski definition) is 1. The van der Waals surface area contributed by atoms with Crippen LogP contribution in [0.1, 0.15) is 80.4 Å². The number of amides is 2. The van der Waals surface area contributed by atoms with Crippen LogP contribution in [-0.2, 0) is 15.0 Å². The Morgan fingerprint density at radius 2 is 1.81 bits per heavy atom. The Kier molecular flexibility index (Phi) is 7.26. The lowest BCUT2D eigenvalue weighted by atomic mass is 9.86. The number of ketones is 1. The summed E-state index contributed by atoms with van der Waals surface area (Å²) in [7, 11) is 0. The largest absolute Gasteiger partial charge is 0.343 e. The van der Waals surface area contributed by atoms with Crippen LogP contribution in [0, 0.1) is 0 Å². The number of aromatic nitrogens is 1. The van der Waals surface area contributed by atoms with Crippen LogP contribution in [0.25, 0.3) is 0 Å². The second kappa shape index (κ2) is 9.73. The second-order valence-corrected chi connectivity index (χ2v) is 10.1. The molecule has 7 heteroatoms. The molecule has 2 aromatic rings. The van der Waals surface area contributed by atoms with E-state index in [-0.39, 0.29) is 35.4 Å². The molecular weight excluding hydrogens is 410 g/mol. The number of para-hydroxylation sites is 1. The highest BCUT2D eigenvalue weighted by Gasteiger charge is 2.27.